The molecule has 0 unspecified atom stereocenters. The molecule has 1 aliphatic rings. The lowest BCUT2D eigenvalue weighted by molar-refractivity contribution is 0.589. The second kappa shape index (κ2) is 8.40. The van der Waals surface area contributed by atoms with Crippen molar-refractivity contribution in [1.82, 2.24) is 14.9 Å². The third-order valence-corrected chi connectivity index (χ3v) is 6.95. The van der Waals surface area contributed by atoms with Crippen LogP contribution in [-0.4, -0.2) is 42.0 Å². The van der Waals surface area contributed by atoms with Crippen LogP contribution in [0.2, 0.25) is 0 Å². The Bertz CT molecular complexity index is 1200. The summed E-state index contributed by atoms with van der Waals surface area (Å²) in [6, 6.07) is 22.2. The predicted molar refractivity (Wildman–Crippen MR) is 133 cm³/mol. The van der Waals surface area contributed by atoms with Crippen molar-refractivity contribution in [2.45, 2.75) is 11.8 Å². The van der Waals surface area contributed by atoms with Gasteiger partial charge in [0.25, 0.3) is 0 Å². The van der Waals surface area contributed by atoms with Crippen molar-refractivity contribution >= 4 is 28.5 Å². The smallest absolute Gasteiger partial charge is 0.140 e. The fourth-order valence-electron chi connectivity index (χ4n) is 4.41. The van der Waals surface area contributed by atoms with Crippen molar-refractivity contribution in [1.29, 1.82) is 0 Å². The normalized spacial score (nSPS) is 14.4. The van der Waals surface area contributed by atoms with Gasteiger partial charge < -0.3 is 14.8 Å². The second-order valence-electron chi connectivity index (χ2n) is 8.17. The van der Waals surface area contributed by atoms with Gasteiger partial charge in [0, 0.05) is 49.4 Å². The Kier molecular flexibility index (Phi) is 5.47. The molecule has 2 heterocycles. The number of imidazole rings is 1. The molecule has 4 aromatic rings. The van der Waals surface area contributed by atoms with Gasteiger partial charge in [0.2, 0.25) is 0 Å². The summed E-state index contributed by atoms with van der Waals surface area (Å²) in [6.45, 7) is 6.41. The molecule has 31 heavy (non-hydrogen) atoms. The molecular formula is C26H28N4S. The molecule has 0 atom stereocenters. The van der Waals surface area contributed by atoms with E-state index in [9.17, 15) is 0 Å². The largest absolute Gasteiger partial charge is 0.369 e. The van der Waals surface area contributed by atoms with Crippen LogP contribution in [0, 0.1) is 6.92 Å². The van der Waals surface area contributed by atoms with Crippen LogP contribution in [0.1, 0.15) is 5.56 Å². The lowest BCUT2D eigenvalue weighted by Crippen LogP contribution is -2.43. The van der Waals surface area contributed by atoms with E-state index in [1.54, 1.807) is 11.8 Å². The number of nitrogens with one attached hydrogen (secondary N) is 1. The number of hydrogen-bond acceptors (Lipinski definition) is 4. The molecule has 158 valence electrons. The molecule has 1 aromatic heterocycles. The van der Waals surface area contributed by atoms with Crippen molar-refractivity contribution in [3.8, 4) is 22.5 Å². The average Bonchev–Trinajstić information content (AvgIpc) is 3.17. The van der Waals surface area contributed by atoms with Gasteiger partial charge in [-0.25, -0.2) is 4.98 Å². The number of aryl methyl sites for hydroxylation is 2. The highest BCUT2D eigenvalue weighted by molar-refractivity contribution is 7.98. The molecule has 0 spiro atoms. The Morgan fingerprint density at radius 2 is 1.55 bits per heavy atom. The average molecular weight is 429 g/mol. The molecule has 0 aliphatic carbocycles. The van der Waals surface area contributed by atoms with Gasteiger partial charge in [-0.1, -0.05) is 24.3 Å². The number of anilines is 1. The topological polar surface area (TPSA) is 33.1 Å². The summed E-state index contributed by atoms with van der Waals surface area (Å²) in [6.07, 6.45) is 2.10. The third-order valence-electron chi connectivity index (χ3n) is 6.21. The Morgan fingerprint density at radius 3 is 2.23 bits per heavy atom. The van der Waals surface area contributed by atoms with Gasteiger partial charge >= 0.3 is 0 Å². The van der Waals surface area contributed by atoms with Crippen LogP contribution >= 0.6 is 11.8 Å². The minimum Gasteiger partial charge on any atom is -0.369 e. The Morgan fingerprint density at radius 1 is 0.871 bits per heavy atom. The van der Waals surface area contributed by atoms with Crippen molar-refractivity contribution in [3.63, 3.8) is 0 Å². The summed E-state index contributed by atoms with van der Waals surface area (Å²) >= 11 is 1.76. The van der Waals surface area contributed by atoms with E-state index in [-0.39, 0.29) is 0 Å². The Balaban J connectivity index is 1.51. The zero-order valence-electron chi connectivity index (χ0n) is 18.4. The van der Waals surface area contributed by atoms with Crippen LogP contribution in [0.25, 0.3) is 33.5 Å². The molecule has 1 fully saturated rings. The number of thioether (sulfide) groups is 1. The van der Waals surface area contributed by atoms with Crippen LogP contribution in [0.5, 0.6) is 0 Å². The van der Waals surface area contributed by atoms with E-state index >= 15 is 0 Å². The number of benzene rings is 3. The van der Waals surface area contributed by atoms with E-state index in [2.05, 4.69) is 95.7 Å². The van der Waals surface area contributed by atoms with E-state index < -0.39 is 0 Å². The molecule has 0 bridgehead atoms. The minimum absolute atomic E-state index is 1.01. The van der Waals surface area contributed by atoms with Gasteiger partial charge in [0.05, 0.1) is 11.0 Å². The standard InChI is InChI=1S/C26H28N4S/c1-18-16-21(19-4-8-22(9-5-19)30-14-12-27-13-15-30)17-24-25(18)28-26(29(24)2)20-6-10-23(31-3)11-7-20/h4-11,16-17,27H,12-15H2,1-3H3. The van der Waals surface area contributed by atoms with Crippen LogP contribution in [0.3, 0.4) is 0 Å². The summed E-state index contributed by atoms with van der Waals surface area (Å²) in [5.41, 5.74) is 8.40. The van der Waals surface area contributed by atoms with E-state index in [1.165, 1.54) is 32.8 Å². The van der Waals surface area contributed by atoms with Gasteiger partial charge in [-0.3, -0.25) is 0 Å². The third kappa shape index (κ3) is 3.84. The summed E-state index contributed by atoms with van der Waals surface area (Å²) in [5, 5.41) is 3.42. The maximum absolute atomic E-state index is 4.99. The van der Waals surface area contributed by atoms with E-state index in [0.29, 0.717) is 0 Å². The highest BCUT2D eigenvalue weighted by atomic mass is 32.2. The van der Waals surface area contributed by atoms with Crippen LogP contribution < -0.4 is 10.2 Å². The van der Waals surface area contributed by atoms with E-state index in [1.807, 2.05) is 0 Å². The monoisotopic (exact) mass is 428 g/mol. The second-order valence-corrected chi connectivity index (χ2v) is 9.05. The lowest BCUT2D eigenvalue weighted by atomic mass is 10.0. The van der Waals surface area contributed by atoms with Gasteiger partial charge in [0.15, 0.2) is 0 Å². The molecular weight excluding hydrogens is 400 g/mol. The van der Waals surface area contributed by atoms with Crippen molar-refractivity contribution in [2.24, 2.45) is 7.05 Å². The summed E-state index contributed by atoms with van der Waals surface area (Å²) in [5.74, 6) is 1.01. The van der Waals surface area contributed by atoms with Crippen LogP contribution in [0.15, 0.2) is 65.6 Å². The number of nitrogens with zero attached hydrogens (tertiary/aromatic N) is 3. The molecule has 5 heteroatoms. The number of hydrogen-bond donors (Lipinski definition) is 1. The van der Waals surface area contributed by atoms with Crippen molar-refractivity contribution < 1.29 is 0 Å². The molecule has 0 amide bonds. The molecule has 0 saturated carbocycles. The fourth-order valence-corrected chi connectivity index (χ4v) is 4.82. The van der Waals surface area contributed by atoms with Gasteiger partial charge in [0.1, 0.15) is 5.82 Å². The van der Waals surface area contributed by atoms with E-state index in [0.717, 1.165) is 43.1 Å². The quantitative estimate of drug-likeness (QED) is 0.444. The number of fused-ring (bicyclic) bond motifs is 1. The maximum atomic E-state index is 4.99. The van der Waals surface area contributed by atoms with Crippen LogP contribution in [0.4, 0.5) is 5.69 Å². The SMILES string of the molecule is CSc1ccc(-c2nc3c(C)cc(-c4ccc(N5CCNCC5)cc4)cc3n2C)cc1. The van der Waals surface area contributed by atoms with Gasteiger partial charge in [-0.2, -0.15) is 0 Å². The first-order valence-corrected chi connectivity index (χ1v) is 12.0. The maximum Gasteiger partial charge on any atom is 0.140 e. The summed E-state index contributed by atoms with van der Waals surface area (Å²) in [7, 11) is 2.11. The molecule has 4 nitrogen and oxygen atoms in total. The first-order valence-electron chi connectivity index (χ1n) is 10.8. The first-order chi connectivity index (χ1) is 15.1. The van der Waals surface area contributed by atoms with E-state index in [4.69, 9.17) is 4.98 Å². The zero-order chi connectivity index (χ0) is 21.4. The highest BCUT2D eigenvalue weighted by Crippen LogP contribution is 2.32. The molecule has 1 saturated heterocycles. The summed E-state index contributed by atoms with van der Waals surface area (Å²) in [4.78, 5) is 8.71. The first kappa shape index (κ1) is 20.2. The van der Waals surface area contributed by atoms with Gasteiger partial charge in [-0.15, -0.1) is 11.8 Å². The Hall–Kier alpha value is -2.76. The summed E-state index contributed by atoms with van der Waals surface area (Å²) < 4.78 is 2.22. The predicted octanol–water partition coefficient (Wildman–Crippen LogP) is 5.35. The molecule has 5 rings (SSSR count). The number of aromatic nitrogens is 2. The van der Waals surface area contributed by atoms with Crippen LogP contribution in [-0.2, 0) is 7.05 Å². The fraction of sp³-hybridized carbons (Fsp3) is 0.269. The van der Waals surface area contributed by atoms with Crippen molar-refractivity contribution in [3.05, 3.63) is 66.2 Å². The highest BCUT2D eigenvalue weighted by Gasteiger charge is 2.14. The molecule has 0 radical (unpaired) electrons. The number of rotatable bonds is 4. The molecule has 3 aromatic carbocycles. The Labute approximate surface area is 188 Å². The molecule has 1 N–H and O–H groups in total. The molecule has 1 aliphatic heterocycles. The lowest BCUT2D eigenvalue weighted by Gasteiger charge is -2.29. The van der Waals surface area contributed by atoms with Crippen molar-refractivity contribution in [2.75, 3.05) is 37.3 Å². The number of piperazine rings is 1. The van der Waals surface area contributed by atoms with Gasteiger partial charge in [-0.05, 0) is 66.3 Å². The zero-order valence-corrected chi connectivity index (χ0v) is 19.2. The minimum atomic E-state index is 1.01.